The van der Waals surface area contributed by atoms with Gasteiger partial charge in [-0.15, -0.1) is 0 Å². The second kappa shape index (κ2) is 9.37. The molecule has 3 heterocycles. The van der Waals surface area contributed by atoms with Crippen molar-refractivity contribution in [2.45, 2.75) is 25.8 Å². The fourth-order valence-corrected chi connectivity index (χ4v) is 4.89. The van der Waals surface area contributed by atoms with Crippen molar-refractivity contribution >= 4 is 39.1 Å². The fraction of sp³-hybridized carbons (Fsp3) is 0.296. The number of hydrogen-bond donors (Lipinski definition) is 1. The maximum absolute atomic E-state index is 15.3. The molecular formula is C27H27FN4O3. The van der Waals surface area contributed by atoms with Crippen LogP contribution in [0.1, 0.15) is 30.1 Å². The predicted molar refractivity (Wildman–Crippen MR) is 136 cm³/mol. The third-order valence-corrected chi connectivity index (χ3v) is 6.59. The van der Waals surface area contributed by atoms with Crippen LogP contribution in [0.3, 0.4) is 0 Å². The first-order valence-corrected chi connectivity index (χ1v) is 11.8. The number of nitrogens with zero attached hydrogens (tertiary/aromatic N) is 3. The SMILES string of the molecule is CCOC(=O)c1cn(C)c2cnc3cc(F)c(N4CCC[C@H]4CNc4ccccc4)cc3c2c1=O. The van der Waals surface area contributed by atoms with Crippen LogP contribution in [-0.2, 0) is 11.8 Å². The number of aryl methyl sites for hydroxylation is 1. The van der Waals surface area contributed by atoms with Crippen molar-refractivity contribution in [3.63, 3.8) is 0 Å². The third-order valence-electron chi connectivity index (χ3n) is 6.59. The van der Waals surface area contributed by atoms with Crippen molar-refractivity contribution in [2.24, 2.45) is 7.05 Å². The summed E-state index contributed by atoms with van der Waals surface area (Å²) in [4.78, 5) is 32.3. The largest absolute Gasteiger partial charge is 0.462 e. The highest BCUT2D eigenvalue weighted by molar-refractivity contribution is 6.07. The number of aromatic nitrogens is 2. The summed E-state index contributed by atoms with van der Waals surface area (Å²) in [5, 5.41) is 4.30. The second-order valence-corrected chi connectivity index (χ2v) is 8.78. The highest BCUT2D eigenvalue weighted by atomic mass is 19.1. The minimum absolute atomic E-state index is 0.0497. The highest BCUT2D eigenvalue weighted by Crippen LogP contribution is 2.33. The van der Waals surface area contributed by atoms with Crippen molar-refractivity contribution in [2.75, 3.05) is 29.9 Å². The van der Waals surface area contributed by atoms with Crippen molar-refractivity contribution in [1.82, 2.24) is 9.55 Å². The zero-order valence-corrected chi connectivity index (χ0v) is 19.8. The lowest BCUT2D eigenvalue weighted by Gasteiger charge is -2.28. The van der Waals surface area contributed by atoms with E-state index in [1.54, 1.807) is 24.6 Å². The summed E-state index contributed by atoms with van der Waals surface area (Å²) < 4.78 is 22.1. The van der Waals surface area contributed by atoms with E-state index >= 15 is 4.39 Å². The van der Waals surface area contributed by atoms with E-state index < -0.39 is 11.4 Å². The van der Waals surface area contributed by atoms with E-state index in [1.807, 2.05) is 30.3 Å². The molecule has 8 heteroatoms. The molecule has 0 spiro atoms. The molecule has 1 saturated heterocycles. The molecule has 35 heavy (non-hydrogen) atoms. The predicted octanol–water partition coefficient (Wildman–Crippen LogP) is 4.48. The van der Waals surface area contributed by atoms with Gasteiger partial charge >= 0.3 is 5.97 Å². The van der Waals surface area contributed by atoms with Gasteiger partial charge in [0.15, 0.2) is 0 Å². The average Bonchev–Trinajstić information content (AvgIpc) is 3.33. The number of esters is 1. The molecule has 1 atom stereocenters. The Balaban J connectivity index is 1.60. The number of carbonyl (C=O) groups excluding carboxylic acids is 1. The van der Waals surface area contributed by atoms with Gasteiger partial charge in [-0.1, -0.05) is 18.2 Å². The number of anilines is 2. The number of hydrogen-bond acceptors (Lipinski definition) is 6. The van der Waals surface area contributed by atoms with Gasteiger partial charge in [0.1, 0.15) is 11.4 Å². The lowest BCUT2D eigenvalue weighted by molar-refractivity contribution is 0.0524. The lowest BCUT2D eigenvalue weighted by Crippen LogP contribution is -2.35. The number of rotatable bonds is 6. The standard InChI is InChI=1S/C27H27FN4O3/c1-3-35-27(34)20-16-31(2)24-15-30-22-13-21(28)23(12-19(22)25(24)26(20)33)32-11-7-10-18(32)14-29-17-8-5-4-6-9-17/h4-6,8-9,12-13,15-16,18,29H,3,7,10-11,14H2,1-2H3/t18-/m0/s1. The number of carbonyl (C=O) groups is 1. The molecule has 1 fully saturated rings. The number of fused-ring (bicyclic) bond motifs is 3. The van der Waals surface area contributed by atoms with Crippen molar-refractivity contribution in [3.8, 4) is 0 Å². The van der Waals surface area contributed by atoms with Gasteiger partial charge in [0.05, 0.1) is 34.9 Å². The number of halogens is 1. The number of nitrogens with one attached hydrogen (secondary N) is 1. The molecule has 1 N–H and O–H groups in total. The maximum atomic E-state index is 15.3. The van der Waals surface area contributed by atoms with Crippen molar-refractivity contribution < 1.29 is 13.9 Å². The molecule has 180 valence electrons. The Kier molecular flexibility index (Phi) is 6.11. The first-order chi connectivity index (χ1) is 17.0. The van der Waals surface area contributed by atoms with Gasteiger partial charge < -0.3 is 19.5 Å². The van der Waals surface area contributed by atoms with E-state index in [0.717, 1.165) is 18.5 Å². The first-order valence-electron chi connectivity index (χ1n) is 11.8. The normalized spacial score (nSPS) is 15.6. The number of ether oxygens (including phenoxy) is 1. The summed E-state index contributed by atoms with van der Waals surface area (Å²) in [7, 11) is 1.74. The summed E-state index contributed by atoms with van der Waals surface area (Å²) in [5.74, 6) is -1.05. The Morgan fingerprint density at radius 2 is 2.06 bits per heavy atom. The Labute approximate surface area is 202 Å². The molecule has 0 unspecified atom stereocenters. The van der Waals surface area contributed by atoms with Gasteiger partial charge in [-0.3, -0.25) is 9.78 Å². The Morgan fingerprint density at radius 1 is 1.26 bits per heavy atom. The molecule has 0 bridgehead atoms. The smallest absolute Gasteiger partial charge is 0.343 e. The summed E-state index contributed by atoms with van der Waals surface area (Å²) in [6.45, 7) is 3.24. The molecule has 5 rings (SSSR count). The summed E-state index contributed by atoms with van der Waals surface area (Å²) >= 11 is 0. The van der Waals surface area contributed by atoms with Gasteiger partial charge in [-0.2, -0.15) is 0 Å². The van der Waals surface area contributed by atoms with Crippen molar-refractivity contribution in [1.29, 1.82) is 0 Å². The monoisotopic (exact) mass is 474 g/mol. The molecule has 1 aliphatic heterocycles. The van der Waals surface area contributed by atoms with Crippen LogP contribution in [-0.4, -0.2) is 41.3 Å². The van der Waals surface area contributed by atoms with Gasteiger partial charge in [0.25, 0.3) is 0 Å². The molecule has 2 aromatic carbocycles. The van der Waals surface area contributed by atoms with Crippen LogP contribution >= 0.6 is 0 Å². The minimum atomic E-state index is -0.672. The maximum Gasteiger partial charge on any atom is 0.343 e. The van der Waals surface area contributed by atoms with Crippen LogP contribution in [0.4, 0.5) is 15.8 Å². The number of benzene rings is 2. The topological polar surface area (TPSA) is 76.5 Å². The quantitative estimate of drug-likeness (QED) is 0.328. The van der Waals surface area contributed by atoms with Crippen LogP contribution in [0, 0.1) is 5.82 Å². The minimum Gasteiger partial charge on any atom is -0.462 e. The number of pyridine rings is 2. The Morgan fingerprint density at radius 3 is 2.83 bits per heavy atom. The zero-order chi connectivity index (χ0) is 24.5. The first kappa shape index (κ1) is 22.8. The molecule has 0 saturated carbocycles. The Bertz CT molecular complexity index is 1470. The third kappa shape index (κ3) is 4.20. The lowest BCUT2D eigenvalue weighted by atomic mass is 10.1. The van der Waals surface area contributed by atoms with E-state index in [-0.39, 0.29) is 24.0 Å². The molecule has 2 aromatic heterocycles. The molecule has 0 amide bonds. The summed E-state index contributed by atoms with van der Waals surface area (Å²) in [6, 6.07) is 13.1. The van der Waals surface area contributed by atoms with E-state index in [9.17, 15) is 9.59 Å². The molecule has 1 aliphatic rings. The molecule has 0 radical (unpaired) electrons. The van der Waals surface area contributed by atoms with Crippen LogP contribution in [0.5, 0.6) is 0 Å². The molecule has 7 nitrogen and oxygen atoms in total. The van der Waals surface area contributed by atoms with Crippen LogP contribution in [0.25, 0.3) is 21.8 Å². The highest BCUT2D eigenvalue weighted by Gasteiger charge is 2.28. The second-order valence-electron chi connectivity index (χ2n) is 8.78. The molecule has 0 aliphatic carbocycles. The van der Waals surface area contributed by atoms with Crippen LogP contribution < -0.4 is 15.6 Å². The average molecular weight is 475 g/mol. The van der Waals surface area contributed by atoms with Gasteiger partial charge in [-0.05, 0) is 38.0 Å². The van der Waals surface area contributed by atoms with Gasteiger partial charge in [-0.25, -0.2) is 9.18 Å². The van der Waals surface area contributed by atoms with E-state index in [2.05, 4.69) is 15.2 Å². The van der Waals surface area contributed by atoms with E-state index in [4.69, 9.17) is 4.74 Å². The van der Waals surface area contributed by atoms with E-state index in [0.29, 0.717) is 40.6 Å². The van der Waals surface area contributed by atoms with Gasteiger partial charge in [0.2, 0.25) is 5.43 Å². The summed E-state index contributed by atoms with van der Waals surface area (Å²) in [5.41, 5.74) is 1.90. The Hall–Kier alpha value is -3.94. The molecule has 4 aromatic rings. The fourth-order valence-electron chi connectivity index (χ4n) is 4.89. The molecular weight excluding hydrogens is 447 g/mol. The number of para-hydroxylation sites is 1. The summed E-state index contributed by atoms with van der Waals surface area (Å²) in [6.07, 6.45) is 4.88. The van der Waals surface area contributed by atoms with Gasteiger partial charge in [0, 0.05) is 49.5 Å². The zero-order valence-electron chi connectivity index (χ0n) is 19.8. The van der Waals surface area contributed by atoms with Crippen LogP contribution in [0.15, 0.2) is 59.7 Å². The van der Waals surface area contributed by atoms with Crippen LogP contribution in [0.2, 0.25) is 0 Å². The van der Waals surface area contributed by atoms with E-state index in [1.165, 1.54) is 18.5 Å². The van der Waals surface area contributed by atoms with Crippen molar-refractivity contribution in [3.05, 3.63) is 76.5 Å².